The van der Waals surface area contributed by atoms with Crippen molar-refractivity contribution in [3.63, 3.8) is 0 Å². The maximum atomic E-state index is 13.3. The Balaban J connectivity index is 1.53. The third-order valence-electron chi connectivity index (χ3n) is 5.71. The SMILES string of the molecule is O=C(NCCN1CCC(F)C1)c1cccn2c(=O)c3ccc4ccccc4c3nc12. The summed E-state index contributed by atoms with van der Waals surface area (Å²) in [5.41, 5.74) is 1.05. The van der Waals surface area contributed by atoms with Gasteiger partial charge < -0.3 is 5.32 Å². The number of hydrogen-bond donors (Lipinski definition) is 1. The van der Waals surface area contributed by atoms with Crippen molar-refractivity contribution in [1.82, 2.24) is 19.6 Å². The van der Waals surface area contributed by atoms with Crippen LogP contribution in [-0.2, 0) is 0 Å². The number of halogens is 1. The minimum Gasteiger partial charge on any atom is -0.351 e. The summed E-state index contributed by atoms with van der Waals surface area (Å²) in [6.07, 6.45) is 1.39. The number of pyridine rings is 1. The molecule has 0 radical (unpaired) electrons. The molecule has 1 aliphatic heterocycles. The number of amides is 1. The van der Waals surface area contributed by atoms with Crippen LogP contribution in [0.5, 0.6) is 0 Å². The third kappa shape index (κ3) is 3.21. The second kappa shape index (κ2) is 7.50. The Morgan fingerprint density at radius 2 is 2.00 bits per heavy atom. The van der Waals surface area contributed by atoms with E-state index in [1.807, 2.05) is 35.2 Å². The van der Waals surface area contributed by atoms with Gasteiger partial charge in [0.15, 0.2) is 5.65 Å². The van der Waals surface area contributed by atoms with Gasteiger partial charge in [0.05, 0.1) is 16.5 Å². The zero-order valence-corrected chi connectivity index (χ0v) is 16.3. The van der Waals surface area contributed by atoms with Crippen molar-refractivity contribution in [3.05, 3.63) is 70.6 Å². The van der Waals surface area contributed by atoms with Crippen molar-refractivity contribution in [2.24, 2.45) is 0 Å². The number of rotatable bonds is 4. The van der Waals surface area contributed by atoms with Gasteiger partial charge in [0.25, 0.3) is 11.5 Å². The first-order valence-corrected chi connectivity index (χ1v) is 10.1. The van der Waals surface area contributed by atoms with E-state index >= 15 is 0 Å². The monoisotopic (exact) mass is 404 g/mol. The number of aromatic nitrogens is 2. The predicted molar refractivity (Wildman–Crippen MR) is 115 cm³/mol. The number of hydrogen-bond acceptors (Lipinski definition) is 4. The number of nitrogens with one attached hydrogen (secondary N) is 1. The van der Waals surface area contributed by atoms with Gasteiger partial charge in [-0.2, -0.15) is 0 Å². The quantitative estimate of drug-likeness (QED) is 0.420. The summed E-state index contributed by atoms with van der Waals surface area (Å²) in [4.78, 5) is 32.6. The first kappa shape index (κ1) is 18.7. The molecule has 2 aromatic carbocycles. The summed E-state index contributed by atoms with van der Waals surface area (Å²) in [5.74, 6) is -0.296. The standard InChI is InChI=1S/C23H21FN4O2/c24-16-9-12-27(14-16)13-10-25-22(29)19-6-3-11-28-21(19)26-20-17-5-2-1-4-15(17)7-8-18(20)23(28)30/h1-8,11,16H,9-10,12-14H2,(H,25,29). The highest BCUT2D eigenvalue weighted by atomic mass is 19.1. The van der Waals surface area contributed by atoms with Crippen LogP contribution in [0.15, 0.2) is 59.5 Å². The number of fused-ring (bicyclic) bond motifs is 4. The topological polar surface area (TPSA) is 66.7 Å². The summed E-state index contributed by atoms with van der Waals surface area (Å²) in [7, 11) is 0. The molecule has 0 saturated carbocycles. The largest absolute Gasteiger partial charge is 0.351 e. The van der Waals surface area contributed by atoms with Crippen LogP contribution >= 0.6 is 0 Å². The Kier molecular flexibility index (Phi) is 4.67. The fourth-order valence-electron chi connectivity index (χ4n) is 4.15. The highest BCUT2D eigenvalue weighted by Crippen LogP contribution is 2.23. The lowest BCUT2D eigenvalue weighted by atomic mass is 10.1. The Morgan fingerprint density at radius 3 is 2.83 bits per heavy atom. The van der Waals surface area contributed by atoms with Crippen molar-refractivity contribution in [3.8, 4) is 0 Å². The van der Waals surface area contributed by atoms with E-state index in [9.17, 15) is 14.0 Å². The van der Waals surface area contributed by atoms with Crippen molar-refractivity contribution < 1.29 is 9.18 Å². The van der Waals surface area contributed by atoms with E-state index in [0.717, 1.165) is 10.8 Å². The molecule has 0 bridgehead atoms. The molecule has 7 heteroatoms. The maximum Gasteiger partial charge on any atom is 0.265 e. The van der Waals surface area contributed by atoms with Crippen LogP contribution in [-0.4, -0.2) is 52.5 Å². The molecule has 1 unspecified atom stereocenters. The van der Waals surface area contributed by atoms with Gasteiger partial charge in [0.2, 0.25) is 0 Å². The average Bonchev–Trinajstić information content (AvgIpc) is 3.18. The van der Waals surface area contributed by atoms with Crippen LogP contribution in [0, 0.1) is 0 Å². The smallest absolute Gasteiger partial charge is 0.265 e. The molecule has 30 heavy (non-hydrogen) atoms. The van der Waals surface area contributed by atoms with E-state index in [2.05, 4.69) is 5.32 Å². The lowest BCUT2D eigenvalue weighted by molar-refractivity contribution is 0.0950. The zero-order chi connectivity index (χ0) is 20.7. The Hall–Kier alpha value is -3.32. The van der Waals surface area contributed by atoms with Crippen molar-refractivity contribution in [2.75, 3.05) is 26.2 Å². The molecule has 2 aromatic heterocycles. The molecule has 5 rings (SSSR count). The van der Waals surface area contributed by atoms with Crippen LogP contribution in [0.2, 0.25) is 0 Å². The second-order valence-electron chi connectivity index (χ2n) is 7.66. The van der Waals surface area contributed by atoms with E-state index in [4.69, 9.17) is 4.98 Å². The molecular weight excluding hydrogens is 383 g/mol. The van der Waals surface area contributed by atoms with Crippen molar-refractivity contribution in [2.45, 2.75) is 12.6 Å². The maximum absolute atomic E-state index is 13.3. The molecule has 4 aromatic rings. The first-order valence-electron chi connectivity index (χ1n) is 10.1. The molecule has 0 spiro atoms. The molecule has 6 nitrogen and oxygen atoms in total. The van der Waals surface area contributed by atoms with E-state index in [-0.39, 0.29) is 11.5 Å². The number of carbonyl (C=O) groups is 1. The minimum absolute atomic E-state index is 0.207. The van der Waals surface area contributed by atoms with Gasteiger partial charge in [0.1, 0.15) is 6.17 Å². The molecule has 1 saturated heterocycles. The zero-order valence-electron chi connectivity index (χ0n) is 16.3. The van der Waals surface area contributed by atoms with Crippen LogP contribution in [0.4, 0.5) is 4.39 Å². The summed E-state index contributed by atoms with van der Waals surface area (Å²) in [6.45, 7) is 2.13. The van der Waals surface area contributed by atoms with Gasteiger partial charge in [-0.25, -0.2) is 9.37 Å². The summed E-state index contributed by atoms with van der Waals surface area (Å²) in [6, 6.07) is 14.8. The van der Waals surface area contributed by atoms with Gasteiger partial charge in [-0.3, -0.25) is 18.9 Å². The third-order valence-corrected chi connectivity index (χ3v) is 5.71. The Bertz CT molecular complexity index is 1330. The molecule has 152 valence electrons. The molecule has 3 heterocycles. The highest BCUT2D eigenvalue weighted by molar-refractivity contribution is 6.07. The molecular formula is C23H21FN4O2. The van der Waals surface area contributed by atoms with Gasteiger partial charge in [-0.1, -0.05) is 30.3 Å². The predicted octanol–water partition coefficient (Wildman–Crippen LogP) is 2.77. The number of benzene rings is 2. The normalized spacial score (nSPS) is 17.2. The second-order valence-corrected chi connectivity index (χ2v) is 7.66. The fraction of sp³-hybridized carbons (Fsp3) is 0.261. The minimum atomic E-state index is -0.780. The summed E-state index contributed by atoms with van der Waals surface area (Å²) in [5, 5.41) is 5.25. The van der Waals surface area contributed by atoms with E-state index in [0.29, 0.717) is 54.7 Å². The number of carbonyl (C=O) groups excluding carboxylic acids is 1. The van der Waals surface area contributed by atoms with Crippen LogP contribution in [0.3, 0.4) is 0 Å². The molecule has 1 atom stereocenters. The number of likely N-dealkylation sites (tertiary alicyclic amines) is 1. The van der Waals surface area contributed by atoms with Gasteiger partial charge in [-0.15, -0.1) is 0 Å². The van der Waals surface area contributed by atoms with Gasteiger partial charge >= 0.3 is 0 Å². The molecule has 1 aliphatic rings. The van der Waals surface area contributed by atoms with Crippen molar-refractivity contribution >= 4 is 33.2 Å². The summed E-state index contributed by atoms with van der Waals surface area (Å²) < 4.78 is 14.7. The van der Waals surface area contributed by atoms with Crippen LogP contribution < -0.4 is 10.9 Å². The summed E-state index contributed by atoms with van der Waals surface area (Å²) >= 11 is 0. The Morgan fingerprint density at radius 1 is 1.13 bits per heavy atom. The van der Waals surface area contributed by atoms with Crippen LogP contribution in [0.25, 0.3) is 27.3 Å². The molecule has 1 amide bonds. The number of nitrogens with zero attached hydrogens (tertiary/aromatic N) is 3. The van der Waals surface area contributed by atoms with E-state index in [1.165, 1.54) is 4.40 Å². The van der Waals surface area contributed by atoms with E-state index < -0.39 is 6.17 Å². The average molecular weight is 404 g/mol. The Labute approximate surface area is 171 Å². The van der Waals surface area contributed by atoms with Crippen molar-refractivity contribution in [1.29, 1.82) is 0 Å². The highest BCUT2D eigenvalue weighted by Gasteiger charge is 2.21. The van der Waals surface area contributed by atoms with Crippen LogP contribution in [0.1, 0.15) is 16.8 Å². The molecule has 1 fully saturated rings. The molecule has 0 aliphatic carbocycles. The lowest BCUT2D eigenvalue weighted by Gasteiger charge is -2.15. The van der Waals surface area contributed by atoms with E-state index in [1.54, 1.807) is 24.4 Å². The lowest BCUT2D eigenvalue weighted by Crippen LogP contribution is -2.34. The first-order chi connectivity index (χ1) is 14.6. The molecule has 1 N–H and O–H groups in total. The van der Waals surface area contributed by atoms with Gasteiger partial charge in [0, 0.05) is 37.8 Å². The fourth-order valence-corrected chi connectivity index (χ4v) is 4.15. The number of alkyl halides is 1. The van der Waals surface area contributed by atoms with Gasteiger partial charge in [-0.05, 0) is 30.0 Å².